The van der Waals surface area contributed by atoms with Gasteiger partial charge in [-0.3, -0.25) is 4.90 Å². The third-order valence-electron chi connectivity index (χ3n) is 3.43. The summed E-state index contributed by atoms with van der Waals surface area (Å²) in [6.07, 6.45) is 0. The second-order valence-corrected chi connectivity index (χ2v) is 5.35. The average Bonchev–Trinajstić information content (AvgIpc) is 2.56. The highest BCUT2D eigenvalue weighted by Gasteiger charge is 2.25. The minimum Gasteiger partial charge on any atom is -0.336 e. The zero-order chi connectivity index (χ0) is 16.2. The number of hydrazone groups is 1. The molecular weight excluding hydrogens is 318 g/mol. The molecule has 0 spiro atoms. The average molecular weight is 332 g/mol. The number of guanidine groups is 1. The van der Waals surface area contributed by atoms with Crippen molar-refractivity contribution in [2.24, 2.45) is 5.10 Å². The van der Waals surface area contributed by atoms with Crippen LogP contribution >= 0.6 is 11.6 Å². The van der Waals surface area contributed by atoms with Gasteiger partial charge in [-0.25, -0.2) is 10.1 Å². The van der Waals surface area contributed by atoms with E-state index in [1.807, 2.05) is 59.5 Å². The van der Waals surface area contributed by atoms with E-state index in [1.54, 1.807) is 4.90 Å². The van der Waals surface area contributed by atoms with Gasteiger partial charge < -0.3 is 10.2 Å². The van der Waals surface area contributed by atoms with Crippen LogP contribution in [0, 0.1) is 10.1 Å². The fraction of sp³-hybridized carbons (Fsp3) is 0.133. The summed E-state index contributed by atoms with van der Waals surface area (Å²) in [5, 5.41) is 17.2. The van der Waals surface area contributed by atoms with E-state index >= 15 is 0 Å². The molecule has 0 bridgehead atoms. The van der Waals surface area contributed by atoms with Crippen molar-refractivity contribution in [2.75, 3.05) is 23.1 Å². The van der Waals surface area contributed by atoms with Crippen molar-refractivity contribution < 1.29 is 5.03 Å². The molecule has 1 aliphatic rings. The van der Waals surface area contributed by atoms with Crippen LogP contribution in [0.15, 0.2) is 59.7 Å². The third-order valence-corrected chi connectivity index (χ3v) is 3.68. The number of hydrogen-bond acceptors (Lipinski definition) is 3. The summed E-state index contributed by atoms with van der Waals surface area (Å²) >= 11 is 5.92. The number of benzene rings is 2. The predicted octanol–water partition coefficient (Wildman–Crippen LogP) is 2.72. The maximum Gasteiger partial charge on any atom is 0.278 e. The molecule has 23 heavy (non-hydrogen) atoms. The number of nitrogens with zero attached hydrogens (tertiary/aromatic N) is 4. The first kappa shape index (κ1) is 15.1. The van der Waals surface area contributed by atoms with Crippen LogP contribution < -0.4 is 15.1 Å². The Bertz CT molecular complexity index is 720. The van der Waals surface area contributed by atoms with Gasteiger partial charge in [0.05, 0.1) is 13.3 Å². The largest absolute Gasteiger partial charge is 0.336 e. The molecule has 1 heterocycles. The van der Waals surface area contributed by atoms with Gasteiger partial charge in [0.2, 0.25) is 0 Å². The molecule has 0 radical (unpaired) electrons. The van der Waals surface area contributed by atoms with Gasteiger partial charge in [0.25, 0.3) is 5.96 Å². The van der Waals surface area contributed by atoms with Crippen LogP contribution in [-0.2, 0) is 0 Å². The molecule has 0 unspecified atom stereocenters. The lowest BCUT2D eigenvalue weighted by molar-refractivity contribution is -0.485. The molecule has 1 N–H and O–H groups in total. The van der Waals surface area contributed by atoms with Crippen molar-refractivity contribution >= 4 is 28.9 Å². The van der Waals surface area contributed by atoms with Gasteiger partial charge in [-0.15, -0.1) is 0 Å². The van der Waals surface area contributed by atoms with Gasteiger partial charge in [0.1, 0.15) is 5.10 Å². The minimum atomic E-state index is -0.698. The van der Waals surface area contributed by atoms with Crippen LogP contribution in [0.4, 0.5) is 11.4 Å². The summed E-state index contributed by atoms with van der Waals surface area (Å²) in [7, 11) is 0. The number of halogens is 1. The smallest absolute Gasteiger partial charge is 0.278 e. The van der Waals surface area contributed by atoms with Crippen molar-refractivity contribution in [2.45, 2.75) is 0 Å². The first-order valence-corrected chi connectivity index (χ1v) is 7.31. The van der Waals surface area contributed by atoms with Gasteiger partial charge in [0.15, 0.2) is 5.03 Å². The Hall–Kier alpha value is -2.80. The summed E-state index contributed by atoms with van der Waals surface area (Å²) in [5.74, 6) is 0.214. The number of nitrogens with one attached hydrogen (secondary N) is 1. The summed E-state index contributed by atoms with van der Waals surface area (Å²) in [6.45, 7) is 0.850. The Morgan fingerprint density at radius 3 is 2.43 bits per heavy atom. The second-order valence-electron chi connectivity index (χ2n) is 4.92. The molecule has 0 atom stereocenters. The molecule has 0 amide bonds. The Balaban J connectivity index is 1.90. The molecule has 2 aromatic rings. The molecule has 118 valence electrons. The van der Waals surface area contributed by atoms with Gasteiger partial charge in [0, 0.05) is 16.4 Å². The number of rotatable bonds is 3. The monoisotopic (exact) mass is 331 g/mol. The zero-order valence-electron chi connectivity index (χ0n) is 12.1. The van der Waals surface area contributed by atoms with Crippen LogP contribution in [0.25, 0.3) is 0 Å². The summed E-state index contributed by atoms with van der Waals surface area (Å²) < 4.78 is 0. The number of nitro groups is 1. The Morgan fingerprint density at radius 2 is 1.78 bits per heavy atom. The van der Waals surface area contributed by atoms with Crippen LogP contribution in [0.2, 0.25) is 5.02 Å². The SMILES string of the molecule is O=[N+]([O-])N=C1NCN(c2ccc(Cl)cc2)CN1c1ccccc1. The maximum atomic E-state index is 10.8. The highest BCUT2D eigenvalue weighted by Crippen LogP contribution is 2.22. The van der Waals surface area contributed by atoms with E-state index in [4.69, 9.17) is 11.6 Å². The van der Waals surface area contributed by atoms with Crippen molar-refractivity contribution in [3.63, 3.8) is 0 Å². The topological polar surface area (TPSA) is 74.0 Å². The molecule has 0 saturated carbocycles. The van der Waals surface area contributed by atoms with Crippen LogP contribution in [0.3, 0.4) is 0 Å². The van der Waals surface area contributed by atoms with E-state index in [1.165, 1.54) is 0 Å². The molecule has 1 saturated heterocycles. The Morgan fingerprint density at radius 1 is 1.09 bits per heavy atom. The molecule has 0 aromatic heterocycles. The van der Waals surface area contributed by atoms with Crippen LogP contribution in [-0.4, -0.2) is 24.3 Å². The number of hydrogen-bond donors (Lipinski definition) is 1. The molecule has 8 heteroatoms. The minimum absolute atomic E-state index is 0.214. The van der Waals surface area contributed by atoms with Gasteiger partial charge in [-0.05, 0) is 36.4 Å². The molecule has 0 aliphatic carbocycles. The van der Waals surface area contributed by atoms with E-state index in [0.29, 0.717) is 18.4 Å². The summed E-state index contributed by atoms with van der Waals surface area (Å²) in [4.78, 5) is 14.5. The first-order valence-electron chi connectivity index (χ1n) is 6.93. The zero-order valence-corrected chi connectivity index (χ0v) is 12.8. The van der Waals surface area contributed by atoms with Gasteiger partial charge in [-0.1, -0.05) is 29.8 Å². The van der Waals surface area contributed by atoms with E-state index in [9.17, 15) is 10.1 Å². The van der Waals surface area contributed by atoms with E-state index in [-0.39, 0.29) is 5.96 Å². The maximum absolute atomic E-state index is 10.8. The molecule has 1 aliphatic heterocycles. The Kier molecular flexibility index (Phi) is 4.29. The summed E-state index contributed by atoms with van der Waals surface area (Å²) in [5.41, 5.74) is 1.78. The molecule has 3 rings (SSSR count). The molecule has 1 fully saturated rings. The lowest BCUT2D eigenvalue weighted by atomic mass is 10.2. The quantitative estimate of drug-likeness (QED) is 0.691. The van der Waals surface area contributed by atoms with E-state index in [2.05, 4.69) is 10.4 Å². The lowest BCUT2D eigenvalue weighted by Gasteiger charge is -2.38. The van der Waals surface area contributed by atoms with Gasteiger partial charge in [-0.2, -0.15) is 0 Å². The fourth-order valence-corrected chi connectivity index (χ4v) is 2.48. The van der Waals surface area contributed by atoms with Gasteiger partial charge >= 0.3 is 0 Å². The second kappa shape index (κ2) is 6.53. The van der Waals surface area contributed by atoms with Crippen molar-refractivity contribution in [3.05, 3.63) is 69.7 Å². The fourth-order valence-electron chi connectivity index (χ4n) is 2.35. The van der Waals surface area contributed by atoms with Crippen molar-refractivity contribution in [1.29, 1.82) is 0 Å². The predicted molar refractivity (Wildman–Crippen MR) is 90.2 cm³/mol. The molecule has 7 nitrogen and oxygen atoms in total. The standard InChI is InChI=1S/C15H14ClN5O2/c16-12-6-8-13(9-7-12)19-10-17-15(18-21(22)23)20(11-19)14-4-2-1-3-5-14/h1-9H,10-11H2,(H,17,18). The van der Waals surface area contributed by atoms with Crippen LogP contribution in [0.5, 0.6) is 0 Å². The van der Waals surface area contributed by atoms with E-state index < -0.39 is 5.03 Å². The highest BCUT2D eigenvalue weighted by molar-refractivity contribution is 6.30. The normalized spacial score (nSPS) is 16.3. The van der Waals surface area contributed by atoms with E-state index in [0.717, 1.165) is 11.4 Å². The molecule has 2 aromatic carbocycles. The lowest BCUT2D eigenvalue weighted by Crippen LogP contribution is -2.57. The summed E-state index contributed by atoms with van der Waals surface area (Å²) in [6, 6.07) is 16.8. The number of para-hydroxylation sites is 1. The first-order chi connectivity index (χ1) is 11.1. The van der Waals surface area contributed by atoms with Crippen molar-refractivity contribution in [3.8, 4) is 0 Å². The number of anilines is 2. The molecular formula is C15H14ClN5O2. The van der Waals surface area contributed by atoms with Crippen molar-refractivity contribution in [1.82, 2.24) is 5.32 Å². The highest BCUT2D eigenvalue weighted by atomic mass is 35.5. The third kappa shape index (κ3) is 3.51. The van der Waals surface area contributed by atoms with Crippen LogP contribution in [0.1, 0.15) is 0 Å². The Labute approximate surface area is 137 Å².